The number of hydrogen-bond donors (Lipinski definition) is 5. The van der Waals surface area contributed by atoms with Gasteiger partial charge >= 0.3 is 6.18 Å². The number of halogens is 4. The molecular weight excluding hydrogens is 669 g/mol. The molecule has 2 aliphatic rings. The van der Waals surface area contributed by atoms with E-state index in [1.54, 1.807) is 0 Å². The van der Waals surface area contributed by atoms with Crippen LogP contribution in [0.25, 0.3) is 11.3 Å². The van der Waals surface area contributed by atoms with Crippen molar-refractivity contribution in [3.05, 3.63) is 52.7 Å². The fourth-order valence-electron chi connectivity index (χ4n) is 5.23. The van der Waals surface area contributed by atoms with Gasteiger partial charge in [0.2, 0.25) is 5.91 Å². The molecule has 3 heterocycles. The van der Waals surface area contributed by atoms with E-state index in [4.69, 9.17) is 21.5 Å². The Labute approximate surface area is 286 Å². The van der Waals surface area contributed by atoms with Gasteiger partial charge in [-0.15, -0.1) is 0 Å². The molecule has 5 rings (SSSR count). The SMILES string of the molecule is Cn1c(-c2cn(C3CC3)nc2C(F)(F)F)cnc1C(=O)Nc1ccc(C(=O)NCCCCCCCC(=O)NCC2CNC2)c(Cl)c1.O=CO. The first kappa shape index (κ1) is 37.4. The predicted molar refractivity (Wildman–Crippen MR) is 175 cm³/mol. The molecule has 0 unspecified atom stereocenters. The molecule has 0 bridgehead atoms. The molecule has 2 aromatic heterocycles. The number of carbonyl (C=O) groups is 4. The maximum Gasteiger partial charge on any atom is 0.435 e. The monoisotopic (exact) mass is 708 g/mol. The quantitative estimate of drug-likeness (QED) is 0.112. The van der Waals surface area contributed by atoms with Crippen molar-refractivity contribution in [1.29, 1.82) is 0 Å². The molecule has 1 aromatic carbocycles. The summed E-state index contributed by atoms with van der Waals surface area (Å²) in [6.07, 6.45) is 4.43. The highest BCUT2D eigenvalue weighted by Crippen LogP contribution is 2.41. The topological polar surface area (TPSA) is 172 Å². The van der Waals surface area contributed by atoms with Crippen LogP contribution in [0.3, 0.4) is 0 Å². The summed E-state index contributed by atoms with van der Waals surface area (Å²) >= 11 is 6.35. The molecule has 0 radical (unpaired) electrons. The van der Waals surface area contributed by atoms with Crippen LogP contribution < -0.4 is 21.3 Å². The Kier molecular flexibility index (Phi) is 13.2. The number of rotatable bonds is 15. The van der Waals surface area contributed by atoms with Gasteiger partial charge in [-0.05, 0) is 43.9 Å². The van der Waals surface area contributed by atoms with Crippen LogP contribution in [0.1, 0.15) is 84.1 Å². The van der Waals surface area contributed by atoms with E-state index in [0.29, 0.717) is 24.6 Å². The van der Waals surface area contributed by atoms with E-state index in [1.165, 1.54) is 46.9 Å². The zero-order valence-corrected chi connectivity index (χ0v) is 27.7. The number of unbranched alkanes of at least 4 members (excludes halogenated alkanes) is 4. The summed E-state index contributed by atoms with van der Waals surface area (Å²) in [4.78, 5) is 50.0. The average molecular weight is 709 g/mol. The van der Waals surface area contributed by atoms with Crippen LogP contribution in [-0.2, 0) is 22.8 Å². The molecule has 1 saturated heterocycles. The maximum atomic E-state index is 13.7. The summed E-state index contributed by atoms with van der Waals surface area (Å²) in [6, 6.07) is 4.38. The second-order valence-corrected chi connectivity index (χ2v) is 12.4. The molecule has 1 aliphatic heterocycles. The largest absolute Gasteiger partial charge is 0.483 e. The first-order chi connectivity index (χ1) is 23.4. The van der Waals surface area contributed by atoms with Crippen LogP contribution >= 0.6 is 11.6 Å². The molecule has 1 aliphatic carbocycles. The lowest BCUT2D eigenvalue weighted by atomic mass is 10.0. The van der Waals surface area contributed by atoms with Gasteiger partial charge in [0, 0.05) is 57.4 Å². The number of nitrogens with one attached hydrogen (secondary N) is 4. The molecule has 0 spiro atoms. The standard InChI is InChI=1S/C31H38ClF3N8O3.CH2O2/c1-42-25(23-18-43(21-9-10-21)41-27(23)31(33,34)35)17-39-28(42)30(46)40-20-8-11-22(24(32)13-20)29(45)37-12-6-4-2-3-5-7-26(44)38-16-19-14-36-15-19;2-1-3/h8,11,13,17-19,21,36H,2-7,9-10,12,14-16H2,1H3,(H,37,45)(H,38,44)(H,40,46);1H,(H,2,3). The molecule has 13 nitrogen and oxygen atoms in total. The van der Waals surface area contributed by atoms with Gasteiger partial charge in [-0.3, -0.25) is 23.9 Å². The number of benzene rings is 1. The highest BCUT2D eigenvalue weighted by Gasteiger charge is 2.40. The fourth-order valence-corrected chi connectivity index (χ4v) is 5.49. The zero-order valence-electron chi connectivity index (χ0n) is 27.0. The van der Waals surface area contributed by atoms with Gasteiger partial charge in [-0.1, -0.05) is 30.9 Å². The molecule has 266 valence electrons. The molecule has 49 heavy (non-hydrogen) atoms. The summed E-state index contributed by atoms with van der Waals surface area (Å²) in [7, 11) is 1.46. The van der Waals surface area contributed by atoms with E-state index < -0.39 is 17.8 Å². The molecule has 3 aromatic rings. The smallest absolute Gasteiger partial charge is 0.435 e. The summed E-state index contributed by atoms with van der Waals surface area (Å²) in [5, 5.41) is 22.4. The number of nitrogens with zero attached hydrogens (tertiary/aromatic N) is 4. The van der Waals surface area contributed by atoms with Crippen molar-refractivity contribution in [2.75, 3.05) is 31.5 Å². The van der Waals surface area contributed by atoms with Gasteiger partial charge in [0.25, 0.3) is 18.3 Å². The van der Waals surface area contributed by atoms with Crippen molar-refractivity contribution in [1.82, 2.24) is 35.3 Å². The Morgan fingerprint density at radius 1 is 1.08 bits per heavy atom. The average Bonchev–Trinajstić information content (AvgIpc) is 3.65. The number of anilines is 1. The lowest BCUT2D eigenvalue weighted by Gasteiger charge is -2.27. The normalized spacial score (nSPS) is 14.3. The van der Waals surface area contributed by atoms with Gasteiger partial charge in [-0.2, -0.15) is 18.3 Å². The van der Waals surface area contributed by atoms with Crippen molar-refractivity contribution in [2.45, 2.75) is 63.6 Å². The minimum Gasteiger partial charge on any atom is -0.483 e. The first-order valence-electron chi connectivity index (χ1n) is 16.1. The first-order valence-corrected chi connectivity index (χ1v) is 16.4. The number of aromatic nitrogens is 4. The van der Waals surface area contributed by atoms with E-state index in [9.17, 15) is 27.6 Å². The van der Waals surface area contributed by atoms with Crippen LogP contribution in [-0.4, -0.2) is 74.8 Å². The van der Waals surface area contributed by atoms with E-state index in [-0.39, 0.29) is 52.0 Å². The number of imidazole rings is 1. The number of hydrogen-bond acceptors (Lipinski definition) is 7. The van der Waals surface area contributed by atoms with Crippen molar-refractivity contribution < 1.29 is 37.5 Å². The molecule has 0 atom stereocenters. The number of carbonyl (C=O) groups excluding carboxylic acids is 3. The molecule has 2 fully saturated rings. The van der Waals surface area contributed by atoms with Crippen molar-refractivity contribution in [3.63, 3.8) is 0 Å². The summed E-state index contributed by atoms with van der Waals surface area (Å²) in [5.41, 5.74) is -0.528. The van der Waals surface area contributed by atoms with Crippen LogP contribution in [0.15, 0.2) is 30.6 Å². The van der Waals surface area contributed by atoms with E-state index >= 15 is 0 Å². The highest BCUT2D eigenvalue weighted by molar-refractivity contribution is 6.34. The minimum absolute atomic E-state index is 0.0540. The van der Waals surface area contributed by atoms with Gasteiger partial charge in [0.05, 0.1) is 34.1 Å². The summed E-state index contributed by atoms with van der Waals surface area (Å²) in [5.74, 6) is -0.454. The third kappa shape index (κ3) is 10.5. The Balaban J connectivity index is 0.00000174. The number of carboxylic acid groups (broad SMARTS) is 1. The van der Waals surface area contributed by atoms with Crippen molar-refractivity contribution in [2.24, 2.45) is 13.0 Å². The predicted octanol–water partition coefficient (Wildman–Crippen LogP) is 4.65. The molecule has 17 heteroatoms. The summed E-state index contributed by atoms with van der Waals surface area (Å²) in [6.45, 7) is 2.90. The lowest BCUT2D eigenvalue weighted by Crippen LogP contribution is -2.48. The van der Waals surface area contributed by atoms with Crippen molar-refractivity contribution in [3.8, 4) is 11.3 Å². The van der Waals surface area contributed by atoms with Gasteiger partial charge in [0.15, 0.2) is 11.5 Å². The van der Waals surface area contributed by atoms with E-state index in [0.717, 1.165) is 64.6 Å². The highest BCUT2D eigenvalue weighted by atomic mass is 35.5. The van der Waals surface area contributed by atoms with Gasteiger partial charge < -0.3 is 30.9 Å². The number of alkyl halides is 3. The van der Waals surface area contributed by atoms with Crippen LogP contribution in [0.2, 0.25) is 5.02 Å². The fraction of sp³-hybridized carbons (Fsp3) is 0.500. The molecular formula is C32H40ClF3N8O5. The van der Waals surface area contributed by atoms with Gasteiger partial charge in [-0.25, -0.2) is 4.98 Å². The van der Waals surface area contributed by atoms with Crippen LogP contribution in [0.5, 0.6) is 0 Å². The van der Waals surface area contributed by atoms with Crippen LogP contribution in [0.4, 0.5) is 18.9 Å². The third-order valence-corrected chi connectivity index (χ3v) is 8.49. The lowest BCUT2D eigenvalue weighted by molar-refractivity contribution is -0.141. The third-order valence-electron chi connectivity index (χ3n) is 8.18. The van der Waals surface area contributed by atoms with E-state index in [1.807, 2.05) is 0 Å². The zero-order chi connectivity index (χ0) is 35.6. The Morgan fingerprint density at radius 3 is 2.41 bits per heavy atom. The maximum absolute atomic E-state index is 13.7. The van der Waals surface area contributed by atoms with Crippen molar-refractivity contribution >= 4 is 41.5 Å². The Hall–Kier alpha value is -4.44. The second-order valence-electron chi connectivity index (χ2n) is 12.0. The number of amides is 3. The van der Waals surface area contributed by atoms with Gasteiger partial charge in [0.1, 0.15) is 0 Å². The second kappa shape index (κ2) is 17.3. The Morgan fingerprint density at radius 2 is 1.78 bits per heavy atom. The minimum atomic E-state index is -4.67. The molecule has 5 N–H and O–H groups in total. The van der Waals surface area contributed by atoms with E-state index in [2.05, 4.69) is 31.3 Å². The summed E-state index contributed by atoms with van der Waals surface area (Å²) < 4.78 is 43.8. The molecule has 1 saturated carbocycles. The van der Waals surface area contributed by atoms with Crippen LogP contribution in [0, 0.1) is 5.92 Å². The molecule has 3 amide bonds. The Bertz CT molecular complexity index is 1620.